The van der Waals surface area contributed by atoms with Gasteiger partial charge in [0.1, 0.15) is 12.1 Å². The lowest BCUT2D eigenvalue weighted by Gasteiger charge is -2.24. The van der Waals surface area contributed by atoms with E-state index in [2.05, 4.69) is 35.2 Å². The molecule has 0 saturated heterocycles. The molecule has 2 rings (SSSR count). The molecule has 1 aromatic heterocycles. The number of aryl methyl sites for hydroxylation is 1. The highest BCUT2D eigenvalue weighted by Crippen LogP contribution is 2.37. The Labute approximate surface area is 104 Å². The van der Waals surface area contributed by atoms with Crippen molar-refractivity contribution >= 4 is 5.82 Å². The summed E-state index contributed by atoms with van der Waals surface area (Å²) < 4.78 is 0. The van der Waals surface area contributed by atoms with Crippen LogP contribution in [0.2, 0.25) is 0 Å². The van der Waals surface area contributed by atoms with Crippen molar-refractivity contribution in [1.29, 1.82) is 0 Å². The van der Waals surface area contributed by atoms with E-state index in [0.717, 1.165) is 30.9 Å². The van der Waals surface area contributed by atoms with Crippen LogP contribution in [0.5, 0.6) is 0 Å². The summed E-state index contributed by atoms with van der Waals surface area (Å²) >= 11 is 0. The van der Waals surface area contributed by atoms with Gasteiger partial charge in [-0.15, -0.1) is 0 Å². The molecule has 0 unspecified atom stereocenters. The van der Waals surface area contributed by atoms with Crippen molar-refractivity contribution in [2.45, 2.75) is 52.4 Å². The summed E-state index contributed by atoms with van der Waals surface area (Å²) in [5.74, 6) is 0.983. The van der Waals surface area contributed by atoms with Gasteiger partial charge in [-0.3, -0.25) is 0 Å². The highest BCUT2D eigenvalue weighted by atomic mass is 15.0. The minimum absolute atomic E-state index is 0.468. The summed E-state index contributed by atoms with van der Waals surface area (Å²) in [6.07, 6.45) is 9.28. The average Bonchev–Trinajstić information content (AvgIpc) is 2.76. The van der Waals surface area contributed by atoms with Gasteiger partial charge in [0, 0.05) is 18.3 Å². The summed E-state index contributed by atoms with van der Waals surface area (Å²) in [5, 5.41) is 3.47. The van der Waals surface area contributed by atoms with Gasteiger partial charge in [0.25, 0.3) is 0 Å². The number of anilines is 1. The van der Waals surface area contributed by atoms with Gasteiger partial charge in [0.05, 0.1) is 0 Å². The Morgan fingerprint density at radius 2 is 2.06 bits per heavy atom. The molecule has 17 heavy (non-hydrogen) atoms. The van der Waals surface area contributed by atoms with E-state index in [9.17, 15) is 0 Å². The second-order valence-corrected chi connectivity index (χ2v) is 5.52. The average molecular weight is 233 g/mol. The fraction of sp³-hybridized carbons (Fsp3) is 0.714. The molecule has 3 heteroatoms. The molecular weight excluding hydrogens is 210 g/mol. The van der Waals surface area contributed by atoms with Crippen LogP contribution in [-0.2, 0) is 6.42 Å². The Balaban J connectivity index is 1.91. The fourth-order valence-electron chi connectivity index (χ4n) is 2.60. The van der Waals surface area contributed by atoms with Crippen LogP contribution in [0.4, 0.5) is 5.82 Å². The van der Waals surface area contributed by atoms with Crippen molar-refractivity contribution in [3.63, 3.8) is 0 Å². The van der Waals surface area contributed by atoms with Gasteiger partial charge in [0.15, 0.2) is 0 Å². The number of nitrogens with zero attached hydrogens (tertiary/aromatic N) is 2. The van der Waals surface area contributed by atoms with Crippen molar-refractivity contribution in [3.05, 3.63) is 18.1 Å². The Morgan fingerprint density at radius 3 is 2.76 bits per heavy atom. The Bertz CT molecular complexity index is 356. The Hall–Kier alpha value is -1.12. The molecule has 3 nitrogen and oxygen atoms in total. The van der Waals surface area contributed by atoms with Crippen LogP contribution in [0.15, 0.2) is 12.4 Å². The first-order valence-corrected chi connectivity index (χ1v) is 6.77. The molecule has 0 atom stereocenters. The van der Waals surface area contributed by atoms with Gasteiger partial charge in [-0.2, -0.15) is 0 Å². The second kappa shape index (κ2) is 5.48. The third-order valence-electron chi connectivity index (χ3n) is 3.74. The Kier molecular flexibility index (Phi) is 3.97. The van der Waals surface area contributed by atoms with Gasteiger partial charge in [0.2, 0.25) is 0 Å². The third-order valence-corrected chi connectivity index (χ3v) is 3.74. The van der Waals surface area contributed by atoms with E-state index in [0.29, 0.717) is 5.41 Å². The van der Waals surface area contributed by atoms with E-state index in [1.54, 1.807) is 6.33 Å². The monoisotopic (exact) mass is 233 g/mol. The third kappa shape index (κ3) is 3.42. The van der Waals surface area contributed by atoms with E-state index < -0.39 is 0 Å². The minimum atomic E-state index is 0.468. The molecule has 0 bridgehead atoms. The zero-order valence-corrected chi connectivity index (χ0v) is 11.0. The van der Waals surface area contributed by atoms with E-state index in [4.69, 9.17) is 0 Å². The number of hydrogen-bond donors (Lipinski definition) is 1. The standard InChI is InChI=1S/C14H23N3/c1-3-6-12-9-13(17-11-16-12)15-10-14(2)7-4-5-8-14/h9,11H,3-8,10H2,1-2H3,(H,15,16,17). The SMILES string of the molecule is CCCc1cc(NCC2(C)CCCC2)ncn1. The molecule has 1 fully saturated rings. The van der Waals surface area contributed by atoms with Gasteiger partial charge in [-0.25, -0.2) is 9.97 Å². The highest BCUT2D eigenvalue weighted by molar-refractivity contribution is 5.35. The van der Waals surface area contributed by atoms with Gasteiger partial charge in [-0.1, -0.05) is 33.1 Å². The van der Waals surface area contributed by atoms with Crippen LogP contribution in [0.3, 0.4) is 0 Å². The lowest BCUT2D eigenvalue weighted by atomic mass is 9.89. The predicted octanol–water partition coefficient (Wildman–Crippen LogP) is 3.42. The quantitative estimate of drug-likeness (QED) is 0.846. The van der Waals surface area contributed by atoms with E-state index in [1.807, 2.05) is 0 Å². The van der Waals surface area contributed by atoms with Gasteiger partial charge >= 0.3 is 0 Å². The van der Waals surface area contributed by atoms with Crippen LogP contribution in [-0.4, -0.2) is 16.5 Å². The first kappa shape index (κ1) is 12.3. The summed E-state index contributed by atoms with van der Waals surface area (Å²) in [5.41, 5.74) is 1.61. The maximum Gasteiger partial charge on any atom is 0.129 e. The van der Waals surface area contributed by atoms with Crippen LogP contribution in [0.1, 0.15) is 51.6 Å². The zero-order chi connectivity index (χ0) is 12.1. The maximum absolute atomic E-state index is 4.29. The lowest BCUT2D eigenvalue weighted by molar-refractivity contribution is 0.361. The van der Waals surface area contributed by atoms with Crippen molar-refractivity contribution in [3.8, 4) is 0 Å². The molecular formula is C14H23N3. The smallest absolute Gasteiger partial charge is 0.129 e. The van der Waals surface area contributed by atoms with Crippen LogP contribution in [0.25, 0.3) is 0 Å². The lowest BCUT2D eigenvalue weighted by Crippen LogP contribution is -2.23. The molecule has 0 spiro atoms. The van der Waals surface area contributed by atoms with Crippen LogP contribution >= 0.6 is 0 Å². The topological polar surface area (TPSA) is 37.8 Å². The van der Waals surface area contributed by atoms with Crippen molar-refractivity contribution in [2.24, 2.45) is 5.41 Å². The van der Waals surface area contributed by atoms with Gasteiger partial charge in [-0.05, 0) is 24.7 Å². The largest absolute Gasteiger partial charge is 0.369 e. The predicted molar refractivity (Wildman–Crippen MR) is 71.1 cm³/mol. The van der Waals surface area contributed by atoms with Crippen molar-refractivity contribution in [1.82, 2.24) is 9.97 Å². The number of rotatable bonds is 5. The van der Waals surface area contributed by atoms with E-state index in [-0.39, 0.29) is 0 Å². The summed E-state index contributed by atoms with van der Waals surface area (Å²) in [6, 6.07) is 2.09. The molecule has 1 aliphatic carbocycles. The molecule has 94 valence electrons. The molecule has 0 aromatic carbocycles. The van der Waals surface area contributed by atoms with Crippen molar-refractivity contribution in [2.75, 3.05) is 11.9 Å². The van der Waals surface area contributed by atoms with Crippen LogP contribution < -0.4 is 5.32 Å². The zero-order valence-electron chi connectivity index (χ0n) is 11.0. The van der Waals surface area contributed by atoms with E-state index in [1.165, 1.54) is 25.7 Å². The molecule has 0 amide bonds. The normalized spacial score (nSPS) is 18.2. The number of aromatic nitrogens is 2. The Morgan fingerprint density at radius 1 is 1.29 bits per heavy atom. The molecule has 0 aliphatic heterocycles. The first-order chi connectivity index (χ1) is 8.22. The minimum Gasteiger partial charge on any atom is -0.369 e. The maximum atomic E-state index is 4.29. The fourth-order valence-corrected chi connectivity index (χ4v) is 2.60. The van der Waals surface area contributed by atoms with Crippen molar-refractivity contribution < 1.29 is 0 Å². The molecule has 1 saturated carbocycles. The number of hydrogen-bond acceptors (Lipinski definition) is 3. The summed E-state index contributed by atoms with van der Waals surface area (Å²) in [6.45, 7) is 5.59. The number of nitrogens with one attached hydrogen (secondary N) is 1. The van der Waals surface area contributed by atoms with E-state index >= 15 is 0 Å². The molecule has 1 heterocycles. The molecule has 1 aromatic rings. The molecule has 0 radical (unpaired) electrons. The molecule has 1 N–H and O–H groups in total. The second-order valence-electron chi connectivity index (χ2n) is 5.52. The summed E-state index contributed by atoms with van der Waals surface area (Å²) in [7, 11) is 0. The van der Waals surface area contributed by atoms with Crippen LogP contribution in [0, 0.1) is 5.41 Å². The highest BCUT2D eigenvalue weighted by Gasteiger charge is 2.28. The summed E-state index contributed by atoms with van der Waals surface area (Å²) in [4.78, 5) is 8.57. The van der Waals surface area contributed by atoms with Gasteiger partial charge < -0.3 is 5.32 Å². The molecule has 1 aliphatic rings. The first-order valence-electron chi connectivity index (χ1n) is 6.77.